The number of halogens is 1. The fourth-order valence-corrected chi connectivity index (χ4v) is 1.70. The fraction of sp³-hybridized carbons (Fsp3) is 0.300. The molecule has 0 saturated heterocycles. The Kier molecular flexibility index (Phi) is 3.69. The number of nitrogens with two attached hydrogens (primary N) is 1. The first kappa shape index (κ1) is 12.0. The molecule has 4 nitrogen and oxygen atoms in total. The Morgan fingerprint density at radius 3 is 2.67 bits per heavy atom. The van der Waals surface area contributed by atoms with Crippen LogP contribution in [0.5, 0.6) is 5.75 Å². The molecule has 0 aliphatic heterocycles. The molecule has 1 unspecified atom stereocenters. The van der Waals surface area contributed by atoms with E-state index in [1.165, 1.54) is 0 Å². The van der Waals surface area contributed by atoms with Crippen LogP contribution in [0.2, 0.25) is 0 Å². The minimum absolute atomic E-state index is 0.719. The molecule has 0 amide bonds. The zero-order valence-corrected chi connectivity index (χ0v) is 10.1. The smallest absolute Gasteiger partial charge is 0.141 e. The van der Waals surface area contributed by atoms with Gasteiger partial charge in [0.2, 0.25) is 0 Å². The molecule has 0 aromatic heterocycles. The Hall–Kier alpha value is -1.09. The molecule has 0 bridgehead atoms. The summed E-state index contributed by atoms with van der Waals surface area (Å²) in [5, 5.41) is 9.02. The molecule has 0 fully saturated rings. The fourth-order valence-electron chi connectivity index (χ4n) is 1.16. The molecule has 0 heterocycles. The molecular formula is C10H12BrN3O. The maximum absolute atomic E-state index is 9.02. The molecule has 3 N–H and O–H groups in total. The number of hydrazine groups is 1. The maximum atomic E-state index is 9.02. The highest BCUT2D eigenvalue weighted by molar-refractivity contribution is 9.10. The van der Waals surface area contributed by atoms with Crippen molar-refractivity contribution in [2.75, 3.05) is 7.11 Å². The second kappa shape index (κ2) is 4.62. The van der Waals surface area contributed by atoms with Crippen LogP contribution in [0.3, 0.4) is 0 Å². The Balaban J connectivity index is 3.18. The Morgan fingerprint density at radius 1 is 1.60 bits per heavy atom. The Labute approximate surface area is 97.1 Å². The number of nitrogens with zero attached hydrogens (tertiary/aromatic N) is 1. The SMILES string of the molecule is COc1ccc(C(C)(C#N)NN)cc1Br. The van der Waals surface area contributed by atoms with Crippen molar-refractivity contribution >= 4 is 15.9 Å². The van der Waals surface area contributed by atoms with E-state index in [0.717, 1.165) is 15.8 Å². The standard InChI is InChI=1S/C10H12BrN3O/c1-10(6-12,14-13)7-3-4-9(15-2)8(11)5-7/h3-5,14H,13H2,1-2H3. The van der Waals surface area contributed by atoms with Gasteiger partial charge in [-0.05, 0) is 40.5 Å². The molecular weight excluding hydrogens is 258 g/mol. The molecule has 1 atom stereocenters. The normalized spacial score (nSPS) is 14.1. The molecule has 5 heteroatoms. The molecule has 0 saturated carbocycles. The van der Waals surface area contributed by atoms with Crippen molar-refractivity contribution in [1.82, 2.24) is 5.43 Å². The minimum Gasteiger partial charge on any atom is -0.496 e. The number of benzene rings is 1. The Bertz CT molecular complexity index is 402. The van der Waals surface area contributed by atoms with Crippen LogP contribution in [-0.4, -0.2) is 7.11 Å². The van der Waals surface area contributed by atoms with Gasteiger partial charge >= 0.3 is 0 Å². The number of hydrogen-bond donors (Lipinski definition) is 2. The second-order valence-corrected chi connectivity index (χ2v) is 4.08. The topological polar surface area (TPSA) is 71.1 Å². The van der Waals surface area contributed by atoms with Gasteiger partial charge in [-0.3, -0.25) is 5.84 Å². The largest absolute Gasteiger partial charge is 0.496 e. The van der Waals surface area contributed by atoms with Gasteiger partial charge in [-0.1, -0.05) is 6.07 Å². The molecule has 0 aliphatic rings. The van der Waals surface area contributed by atoms with Gasteiger partial charge in [-0.25, -0.2) is 5.43 Å². The lowest BCUT2D eigenvalue weighted by Crippen LogP contribution is -2.42. The van der Waals surface area contributed by atoms with E-state index in [-0.39, 0.29) is 0 Å². The van der Waals surface area contributed by atoms with E-state index < -0.39 is 5.54 Å². The minimum atomic E-state index is -0.894. The molecule has 80 valence electrons. The zero-order chi connectivity index (χ0) is 11.5. The van der Waals surface area contributed by atoms with Gasteiger partial charge in [0.15, 0.2) is 0 Å². The first-order chi connectivity index (χ1) is 7.07. The van der Waals surface area contributed by atoms with Gasteiger partial charge in [0.05, 0.1) is 17.7 Å². The summed E-state index contributed by atoms with van der Waals surface area (Å²) in [4.78, 5) is 0. The summed E-state index contributed by atoms with van der Waals surface area (Å²) >= 11 is 3.36. The molecule has 0 radical (unpaired) electrons. The molecule has 1 aromatic rings. The first-order valence-electron chi connectivity index (χ1n) is 4.30. The van der Waals surface area contributed by atoms with Crippen molar-refractivity contribution < 1.29 is 4.74 Å². The van der Waals surface area contributed by atoms with Crippen LogP contribution in [0.25, 0.3) is 0 Å². The van der Waals surface area contributed by atoms with Crippen molar-refractivity contribution in [3.8, 4) is 11.8 Å². The van der Waals surface area contributed by atoms with Gasteiger partial charge in [0, 0.05) is 0 Å². The monoisotopic (exact) mass is 269 g/mol. The highest BCUT2D eigenvalue weighted by Gasteiger charge is 2.25. The quantitative estimate of drug-likeness (QED) is 0.647. The van der Waals surface area contributed by atoms with Crippen LogP contribution in [-0.2, 0) is 5.54 Å². The Morgan fingerprint density at radius 2 is 2.27 bits per heavy atom. The predicted octanol–water partition coefficient (Wildman–Crippen LogP) is 1.66. The summed E-state index contributed by atoms with van der Waals surface area (Å²) in [5.41, 5.74) is 2.37. The number of rotatable bonds is 3. The third-order valence-corrected chi connectivity index (χ3v) is 2.86. The number of ether oxygens (including phenoxy) is 1. The van der Waals surface area contributed by atoms with E-state index in [4.69, 9.17) is 15.8 Å². The van der Waals surface area contributed by atoms with Crippen LogP contribution in [0.1, 0.15) is 12.5 Å². The van der Waals surface area contributed by atoms with Crippen LogP contribution >= 0.6 is 15.9 Å². The van der Waals surface area contributed by atoms with Crippen LogP contribution in [0.15, 0.2) is 22.7 Å². The van der Waals surface area contributed by atoms with Crippen LogP contribution in [0, 0.1) is 11.3 Å². The molecule has 1 aromatic carbocycles. The lowest BCUT2D eigenvalue weighted by Gasteiger charge is -2.21. The van der Waals surface area contributed by atoms with E-state index >= 15 is 0 Å². The van der Waals surface area contributed by atoms with Gasteiger partial charge < -0.3 is 4.74 Å². The van der Waals surface area contributed by atoms with E-state index in [1.54, 1.807) is 26.2 Å². The van der Waals surface area contributed by atoms with Crippen molar-refractivity contribution in [1.29, 1.82) is 5.26 Å². The summed E-state index contributed by atoms with van der Waals surface area (Å²) in [6.07, 6.45) is 0. The number of hydrogen-bond acceptors (Lipinski definition) is 4. The van der Waals surface area contributed by atoms with Crippen molar-refractivity contribution in [2.45, 2.75) is 12.5 Å². The third kappa shape index (κ3) is 2.29. The number of methoxy groups -OCH3 is 1. The van der Waals surface area contributed by atoms with Crippen molar-refractivity contribution in [3.63, 3.8) is 0 Å². The average Bonchev–Trinajstić information content (AvgIpc) is 2.28. The predicted molar refractivity (Wildman–Crippen MR) is 61.0 cm³/mol. The average molecular weight is 270 g/mol. The van der Waals surface area contributed by atoms with Crippen molar-refractivity contribution in [2.24, 2.45) is 5.84 Å². The van der Waals surface area contributed by atoms with Crippen molar-refractivity contribution in [3.05, 3.63) is 28.2 Å². The lowest BCUT2D eigenvalue weighted by atomic mass is 9.94. The lowest BCUT2D eigenvalue weighted by molar-refractivity contribution is 0.410. The van der Waals surface area contributed by atoms with Crippen LogP contribution in [0.4, 0.5) is 0 Å². The van der Waals surface area contributed by atoms with Gasteiger partial charge in [0.25, 0.3) is 0 Å². The zero-order valence-electron chi connectivity index (χ0n) is 8.54. The maximum Gasteiger partial charge on any atom is 0.141 e. The second-order valence-electron chi connectivity index (χ2n) is 3.23. The number of nitriles is 1. The highest BCUT2D eigenvalue weighted by atomic mass is 79.9. The molecule has 15 heavy (non-hydrogen) atoms. The molecule has 1 rings (SSSR count). The summed E-state index contributed by atoms with van der Waals surface area (Å²) in [6.45, 7) is 1.71. The first-order valence-corrected chi connectivity index (χ1v) is 5.09. The summed E-state index contributed by atoms with van der Waals surface area (Å²) < 4.78 is 5.89. The molecule has 0 spiro atoms. The van der Waals surface area contributed by atoms with E-state index in [0.29, 0.717) is 0 Å². The van der Waals surface area contributed by atoms with E-state index in [1.807, 2.05) is 6.07 Å². The van der Waals surface area contributed by atoms with Gasteiger partial charge in [-0.15, -0.1) is 0 Å². The third-order valence-electron chi connectivity index (χ3n) is 2.24. The van der Waals surface area contributed by atoms with Gasteiger partial charge in [0.1, 0.15) is 11.3 Å². The summed E-state index contributed by atoms with van der Waals surface area (Å²) in [6, 6.07) is 7.50. The number of nitrogens with one attached hydrogen (secondary N) is 1. The van der Waals surface area contributed by atoms with E-state index in [2.05, 4.69) is 27.4 Å². The van der Waals surface area contributed by atoms with E-state index in [9.17, 15) is 0 Å². The summed E-state index contributed by atoms with van der Waals surface area (Å²) in [7, 11) is 1.59. The summed E-state index contributed by atoms with van der Waals surface area (Å²) in [5.74, 6) is 6.07. The molecule has 0 aliphatic carbocycles. The highest BCUT2D eigenvalue weighted by Crippen LogP contribution is 2.29. The van der Waals surface area contributed by atoms with Gasteiger partial charge in [-0.2, -0.15) is 5.26 Å². The van der Waals surface area contributed by atoms with Crippen LogP contribution < -0.4 is 16.0 Å².